The zero-order chi connectivity index (χ0) is 21.7. The molecule has 1 aliphatic rings. The Labute approximate surface area is 184 Å². The van der Waals surface area contributed by atoms with Gasteiger partial charge in [0.1, 0.15) is 11.6 Å². The Bertz CT molecular complexity index is 1260. The second-order valence-corrected chi connectivity index (χ2v) is 8.94. The van der Waals surface area contributed by atoms with Gasteiger partial charge in [-0.25, -0.2) is 9.97 Å². The maximum Gasteiger partial charge on any atom is 0.151 e. The number of hydrogen-bond acceptors (Lipinski definition) is 4. The van der Waals surface area contributed by atoms with Crippen molar-refractivity contribution >= 4 is 27.8 Å². The van der Waals surface area contributed by atoms with Crippen molar-refractivity contribution in [1.82, 2.24) is 19.9 Å². The van der Waals surface area contributed by atoms with Gasteiger partial charge in [0, 0.05) is 24.5 Å². The predicted molar refractivity (Wildman–Crippen MR) is 130 cm³/mol. The van der Waals surface area contributed by atoms with Crippen molar-refractivity contribution in [1.29, 1.82) is 0 Å². The lowest BCUT2D eigenvalue weighted by atomic mass is 10.0. The van der Waals surface area contributed by atoms with Crippen molar-refractivity contribution in [2.75, 3.05) is 25.0 Å². The van der Waals surface area contributed by atoms with Gasteiger partial charge in [0.2, 0.25) is 0 Å². The third kappa shape index (κ3) is 3.28. The highest BCUT2D eigenvalue weighted by atomic mass is 15.2. The maximum atomic E-state index is 4.99. The summed E-state index contributed by atoms with van der Waals surface area (Å²) in [5.41, 5.74) is 7.27. The zero-order valence-corrected chi connectivity index (χ0v) is 19.2. The van der Waals surface area contributed by atoms with E-state index in [0.717, 1.165) is 43.2 Å². The molecule has 0 saturated carbocycles. The summed E-state index contributed by atoms with van der Waals surface area (Å²) in [5.74, 6) is 1.90. The highest BCUT2D eigenvalue weighted by Gasteiger charge is 2.25. The van der Waals surface area contributed by atoms with Crippen LogP contribution in [0.4, 0.5) is 5.82 Å². The van der Waals surface area contributed by atoms with Crippen LogP contribution in [0.25, 0.3) is 27.6 Å². The van der Waals surface area contributed by atoms with Crippen LogP contribution in [-0.2, 0) is 0 Å². The fourth-order valence-corrected chi connectivity index (χ4v) is 5.30. The Morgan fingerprint density at radius 2 is 1.61 bits per heavy atom. The molecular formula is C26H31N5. The molecule has 0 aliphatic carbocycles. The van der Waals surface area contributed by atoms with Gasteiger partial charge in [-0.3, -0.25) is 4.57 Å². The third-order valence-corrected chi connectivity index (χ3v) is 6.67. The molecule has 3 heterocycles. The minimum atomic E-state index is 0.592. The molecule has 0 unspecified atom stereocenters. The largest absolute Gasteiger partial charge is 0.356 e. The van der Waals surface area contributed by atoms with Gasteiger partial charge in [-0.2, -0.15) is 0 Å². The number of para-hydroxylation sites is 1. The van der Waals surface area contributed by atoms with Crippen LogP contribution in [0.1, 0.15) is 35.4 Å². The van der Waals surface area contributed by atoms with Gasteiger partial charge >= 0.3 is 0 Å². The minimum Gasteiger partial charge on any atom is -0.356 e. The fraction of sp³-hybridized carbons (Fsp3) is 0.385. The van der Waals surface area contributed by atoms with Gasteiger partial charge in [-0.1, -0.05) is 35.9 Å². The van der Waals surface area contributed by atoms with Gasteiger partial charge in [0.25, 0.3) is 0 Å². The number of anilines is 1. The smallest absolute Gasteiger partial charge is 0.151 e. The van der Waals surface area contributed by atoms with Gasteiger partial charge in [-0.05, 0) is 64.8 Å². The molecule has 4 aromatic rings. The second-order valence-electron chi connectivity index (χ2n) is 8.94. The quantitative estimate of drug-likeness (QED) is 0.514. The molecule has 5 nitrogen and oxygen atoms in total. The molecular weight excluding hydrogens is 382 g/mol. The number of aryl methyl sites for hydroxylation is 4. The number of nitrogens with one attached hydrogen (secondary N) is 1. The Morgan fingerprint density at radius 3 is 2.29 bits per heavy atom. The summed E-state index contributed by atoms with van der Waals surface area (Å²) in [6.45, 7) is 10.6. The van der Waals surface area contributed by atoms with Crippen LogP contribution in [0.2, 0.25) is 0 Å². The van der Waals surface area contributed by atoms with Crippen LogP contribution in [0, 0.1) is 27.7 Å². The van der Waals surface area contributed by atoms with Crippen molar-refractivity contribution in [2.45, 2.75) is 46.6 Å². The van der Waals surface area contributed by atoms with Crippen molar-refractivity contribution in [2.24, 2.45) is 0 Å². The summed E-state index contributed by atoms with van der Waals surface area (Å²) in [6, 6.07) is 13.8. The van der Waals surface area contributed by atoms with E-state index in [-0.39, 0.29) is 0 Å². The van der Waals surface area contributed by atoms with Crippen LogP contribution < -0.4 is 10.2 Å². The van der Waals surface area contributed by atoms with Crippen molar-refractivity contribution in [3.63, 3.8) is 0 Å². The number of nitrogens with zero attached hydrogens (tertiary/aromatic N) is 4. The van der Waals surface area contributed by atoms with Crippen molar-refractivity contribution < 1.29 is 0 Å². The Morgan fingerprint density at radius 1 is 0.935 bits per heavy atom. The lowest BCUT2D eigenvalue weighted by molar-refractivity contribution is 0.441. The summed E-state index contributed by atoms with van der Waals surface area (Å²) in [6.07, 6.45) is 2.27. The molecule has 0 bridgehead atoms. The molecule has 0 radical (unpaired) electrons. The third-order valence-electron chi connectivity index (χ3n) is 6.67. The monoisotopic (exact) mass is 413 g/mol. The summed E-state index contributed by atoms with van der Waals surface area (Å²) in [4.78, 5) is 12.4. The molecule has 31 heavy (non-hydrogen) atoms. The van der Waals surface area contributed by atoms with Gasteiger partial charge < -0.3 is 10.2 Å². The van der Waals surface area contributed by atoms with E-state index >= 15 is 0 Å². The number of hydrogen-bond donors (Lipinski definition) is 1. The first-order valence-corrected chi connectivity index (χ1v) is 11.3. The summed E-state index contributed by atoms with van der Waals surface area (Å²) in [7, 11) is 2.06. The van der Waals surface area contributed by atoms with E-state index in [1.807, 2.05) is 6.92 Å². The van der Waals surface area contributed by atoms with E-state index in [1.165, 1.54) is 38.7 Å². The number of piperidine rings is 1. The average Bonchev–Trinajstić information content (AvgIpc) is 3.07. The molecule has 5 rings (SSSR count). The standard InChI is InChI=1S/C26H31N5/c1-16-14-17(2)24(18(3)15-16)31-22-9-7-6-8-21(22)23-25(28-19(4)29-26(23)31)30-12-10-20(27-5)11-13-30/h6-9,14-15,20,27H,10-13H2,1-5H3. The van der Waals surface area contributed by atoms with E-state index in [9.17, 15) is 0 Å². The van der Waals surface area contributed by atoms with Crippen LogP contribution in [0.3, 0.4) is 0 Å². The molecule has 160 valence electrons. The molecule has 1 saturated heterocycles. The van der Waals surface area contributed by atoms with Crippen LogP contribution >= 0.6 is 0 Å². The lowest BCUT2D eigenvalue weighted by Crippen LogP contribution is -2.41. The van der Waals surface area contributed by atoms with E-state index in [1.54, 1.807) is 0 Å². The summed E-state index contributed by atoms with van der Waals surface area (Å²) < 4.78 is 2.35. The molecule has 0 atom stereocenters. The minimum absolute atomic E-state index is 0.592. The number of aromatic nitrogens is 3. The second kappa shape index (κ2) is 7.65. The highest BCUT2D eigenvalue weighted by Crippen LogP contribution is 2.38. The first-order valence-electron chi connectivity index (χ1n) is 11.3. The van der Waals surface area contributed by atoms with Gasteiger partial charge in [0.15, 0.2) is 5.65 Å². The number of fused-ring (bicyclic) bond motifs is 3. The van der Waals surface area contributed by atoms with Gasteiger partial charge in [-0.15, -0.1) is 0 Å². The maximum absolute atomic E-state index is 4.99. The number of benzene rings is 2. The van der Waals surface area contributed by atoms with E-state index < -0.39 is 0 Å². The molecule has 2 aromatic carbocycles. The summed E-state index contributed by atoms with van der Waals surface area (Å²) in [5, 5.41) is 5.83. The Hall–Kier alpha value is -2.92. The number of rotatable bonds is 3. The van der Waals surface area contributed by atoms with Crippen LogP contribution in [0.15, 0.2) is 36.4 Å². The SMILES string of the molecule is CNC1CCN(c2nc(C)nc3c2c2ccccc2n3-c2c(C)cc(C)cc2C)CC1. The predicted octanol–water partition coefficient (Wildman–Crippen LogP) is 5.00. The molecule has 5 heteroatoms. The normalized spacial score (nSPS) is 15.3. The van der Waals surface area contributed by atoms with E-state index in [0.29, 0.717) is 6.04 Å². The molecule has 1 fully saturated rings. The fourth-order valence-electron chi connectivity index (χ4n) is 5.30. The molecule has 2 aromatic heterocycles. The Kier molecular flexibility index (Phi) is 4.94. The topological polar surface area (TPSA) is 46.0 Å². The van der Waals surface area contributed by atoms with Crippen molar-refractivity contribution in [3.8, 4) is 5.69 Å². The molecule has 1 N–H and O–H groups in total. The molecule has 0 amide bonds. The average molecular weight is 414 g/mol. The van der Waals surface area contributed by atoms with Crippen molar-refractivity contribution in [3.05, 3.63) is 58.9 Å². The summed E-state index contributed by atoms with van der Waals surface area (Å²) >= 11 is 0. The highest BCUT2D eigenvalue weighted by molar-refractivity contribution is 6.13. The first-order chi connectivity index (χ1) is 15.0. The van der Waals surface area contributed by atoms with E-state index in [2.05, 4.69) is 79.0 Å². The first kappa shape index (κ1) is 20.0. The van der Waals surface area contributed by atoms with Gasteiger partial charge in [0.05, 0.1) is 16.6 Å². The molecule has 1 aliphatic heterocycles. The molecule has 0 spiro atoms. The van der Waals surface area contributed by atoms with E-state index in [4.69, 9.17) is 9.97 Å². The Balaban J connectivity index is 1.82. The van der Waals surface area contributed by atoms with Crippen LogP contribution in [0.5, 0.6) is 0 Å². The van der Waals surface area contributed by atoms with Crippen LogP contribution in [-0.4, -0.2) is 40.7 Å². The zero-order valence-electron chi connectivity index (χ0n) is 19.2. The lowest BCUT2D eigenvalue weighted by Gasteiger charge is -2.33.